The normalized spacial score (nSPS) is 16.2. The number of nitrogens with zero attached hydrogens (tertiary/aromatic N) is 2. The van der Waals surface area contributed by atoms with E-state index in [0.717, 1.165) is 0 Å². The number of halogens is 1. The number of aliphatic carboxylic acids is 1. The number of nitriles is 1. The molecule has 1 fully saturated rings. The van der Waals surface area contributed by atoms with E-state index in [1.54, 1.807) is 0 Å². The Hall–Kier alpha value is -1.80. The third-order valence-electron chi connectivity index (χ3n) is 2.53. The summed E-state index contributed by atoms with van der Waals surface area (Å²) in [6, 6.07) is 3.39. The second-order valence-electron chi connectivity index (χ2n) is 3.65. The van der Waals surface area contributed by atoms with Gasteiger partial charge in [-0.1, -0.05) is 11.6 Å². The van der Waals surface area contributed by atoms with E-state index in [-0.39, 0.29) is 16.4 Å². The molecule has 2 N–H and O–H groups in total. The van der Waals surface area contributed by atoms with Crippen LogP contribution < -0.4 is 5.32 Å². The smallest absolute Gasteiger partial charge is 0.329 e. The van der Waals surface area contributed by atoms with Gasteiger partial charge < -0.3 is 10.4 Å². The van der Waals surface area contributed by atoms with Crippen molar-refractivity contribution in [3.8, 4) is 6.07 Å². The molecule has 16 heavy (non-hydrogen) atoms. The molecule has 0 spiro atoms. The van der Waals surface area contributed by atoms with Crippen molar-refractivity contribution in [1.29, 1.82) is 5.26 Å². The van der Waals surface area contributed by atoms with Gasteiger partial charge >= 0.3 is 5.97 Å². The third kappa shape index (κ3) is 1.68. The summed E-state index contributed by atoms with van der Waals surface area (Å²) in [5.41, 5.74) is -0.676. The van der Waals surface area contributed by atoms with Crippen LogP contribution in [0.5, 0.6) is 0 Å². The highest BCUT2D eigenvalue weighted by Crippen LogP contribution is 2.40. The van der Waals surface area contributed by atoms with Crippen LogP contribution in [0.2, 0.25) is 5.02 Å². The van der Waals surface area contributed by atoms with Crippen LogP contribution in [0.1, 0.15) is 18.4 Å². The Morgan fingerprint density at radius 3 is 2.88 bits per heavy atom. The molecule has 82 valence electrons. The molecule has 0 saturated heterocycles. The lowest BCUT2D eigenvalue weighted by atomic mass is 10.2. The van der Waals surface area contributed by atoms with Gasteiger partial charge in [0.25, 0.3) is 0 Å². The predicted octanol–water partition coefficient (Wildman–Crippen LogP) is 1.64. The lowest BCUT2D eigenvalue weighted by molar-refractivity contribution is -0.138. The lowest BCUT2D eigenvalue weighted by Crippen LogP contribution is -2.31. The fraction of sp³-hybridized carbons (Fsp3) is 0.300. The maximum Gasteiger partial charge on any atom is 0.329 e. The number of aromatic nitrogens is 1. The first-order valence-electron chi connectivity index (χ1n) is 4.65. The highest BCUT2D eigenvalue weighted by molar-refractivity contribution is 6.34. The molecule has 0 radical (unpaired) electrons. The van der Waals surface area contributed by atoms with E-state index in [1.165, 1.54) is 12.3 Å². The fourth-order valence-electron chi connectivity index (χ4n) is 1.36. The first kappa shape index (κ1) is 10.7. The standard InChI is InChI=1S/C10H8ClN3O2/c11-7-6(5-12)1-4-13-8(7)14-10(2-3-10)9(15)16/h1,4H,2-3H2,(H,13,14)(H,15,16). The zero-order valence-electron chi connectivity index (χ0n) is 8.20. The van der Waals surface area contributed by atoms with Gasteiger partial charge in [-0.15, -0.1) is 0 Å². The average molecular weight is 238 g/mol. The van der Waals surface area contributed by atoms with Gasteiger partial charge in [0.15, 0.2) is 0 Å². The number of anilines is 1. The quantitative estimate of drug-likeness (QED) is 0.835. The van der Waals surface area contributed by atoms with Crippen molar-refractivity contribution in [2.45, 2.75) is 18.4 Å². The maximum atomic E-state index is 11.0. The zero-order chi connectivity index (χ0) is 11.8. The van der Waals surface area contributed by atoms with E-state index in [1.807, 2.05) is 6.07 Å². The molecule has 0 atom stereocenters. The number of carboxylic acids is 1. The SMILES string of the molecule is N#Cc1ccnc(NC2(C(=O)O)CC2)c1Cl. The minimum Gasteiger partial charge on any atom is -0.480 e. The largest absolute Gasteiger partial charge is 0.480 e. The number of hydrogen-bond donors (Lipinski definition) is 2. The zero-order valence-corrected chi connectivity index (χ0v) is 8.95. The highest BCUT2D eigenvalue weighted by atomic mass is 35.5. The van der Waals surface area contributed by atoms with Crippen LogP contribution in [0.3, 0.4) is 0 Å². The summed E-state index contributed by atoms with van der Waals surface area (Å²) in [4.78, 5) is 14.9. The summed E-state index contributed by atoms with van der Waals surface area (Å²) in [7, 11) is 0. The van der Waals surface area contributed by atoms with Crippen molar-refractivity contribution in [2.24, 2.45) is 0 Å². The Kier molecular flexibility index (Phi) is 2.44. The van der Waals surface area contributed by atoms with E-state index >= 15 is 0 Å². The fourth-order valence-corrected chi connectivity index (χ4v) is 1.56. The van der Waals surface area contributed by atoms with Crippen molar-refractivity contribution in [2.75, 3.05) is 5.32 Å². The van der Waals surface area contributed by atoms with Gasteiger partial charge in [-0.3, -0.25) is 0 Å². The Labute approximate surface area is 96.7 Å². The van der Waals surface area contributed by atoms with E-state index in [2.05, 4.69) is 10.3 Å². The van der Waals surface area contributed by atoms with Gasteiger partial charge in [0.2, 0.25) is 0 Å². The van der Waals surface area contributed by atoms with Crippen LogP contribution in [-0.4, -0.2) is 21.6 Å². The van der Waals surface area contributed by atoms with E-state index < -0.39 is 11.5 Å². The number of nitrogens with one attached hydrogen (secondary N) is 1. The Bertz CT molecular complexity index is 491. The molecule has 1 aromatic heterocycles. The van der Waals surface area contributed by atoms with Gasteiger partial charge in [0, 0.05) is 6.20 Å². The second kappa shape index (κ2) is 3.65. The first-order valence-corrected chi connectivity index (χ1v) is 5.03. The Balaban J connectivity index is 2.30. The first-order chi connectivity index (χ1) is 7.59. The van der Waals surface area contributed by atoms with E-state index in [9.17, 15) is 4.79 Å². The molecule has 1 saturated carbocycles. The number of pyridine rings is 1. The number of hydrogen-bond acceptors (Lipinski definition) is 4. The molecule has 0 amide bonds. The molecule has 1 aliphatic rings. The van der Waals surface area contributed by atoms with Crippen LogP contribution >= 0.6 is 11.6 Å². The molecule has 1 heterocycles. The molecular formula is C10H8ClN3O2. The number of carbonyl (C=O) groups is 1. The molecule has 1 aliphatic carbocycles. The van der Waals surface area contributed by atoms with Crippen LogP contribution in [0.15, 0.2) is 12.3 Å². The molecule has 1 aromatic rings. The minimum absolute atomic E-state index is 0.164. The molecule has 5 nitrogen and oxygen atoms in total. The van der Waals surface area contributed by atoms with Gasteiger partial charge in [-0.25, -0.2) is 9.78 Å². The van der Waals surface area contributed by atoms with Crippen LogP contribution in [0.4, 0.5) is 5.82 Å². The van der Waals surface area contributed by atoms with Crippen molar-refractivity contribution in [1.82, 2.24) is 4.98 Å². The van der Waals surface area contributed by atoms with Crippen LogP contribution in [0, 0.1) is 11.3 Å². The van der Waals surface area contributed by atoms with Gasteiger partial charge in [-0.05, 0) is 18.9 Å². The van der Waals surface area contributed by atoms with Crippen molar-refractivity contribution >= 4 is 23.4 Å². The monoisotopic (exact) mass is 237 g/mol. The third-order valence-corrected chi connectivity index (χ3v) is 2.91. The molecule has 6 heteroatoms. The molecular weight excluding hydrogens is 230 g/mol. The molecule has 0 aromatic carbocycles. The van der Waals surface area contributed by atoms with Gasteiger partial charge in [0.1, 0.15) is 22.4 Å². The van der Waals surface area contributed by atoms with E-state index in [4.69, 9.17) is 22.0 Å². The molecule has 2 rings (SSSR count). The maximum absolute atomic E-state index is 11.0. The summed E-state index contributed by atoms with van der Waals surface area (Å²) >= 11 is 5.91. The molecule has 0 aliphatic heterocycles. The van der Waals surface area contributed by atoms with Crippen LogP contribution in [0.25, 0.3) is 0 Å². The minimum atomic E-state index is -0.954. The summed E-state index contributed by atoms with van der Waals surface area (Å²) in [5, 5.41) is 20.7. The lowest BCUT2D eigenvalue weighted by Gasteiger charge is -2.14. The van der Waals surface area contributed by atoms with Crippen molar-refractivity contribution in [3.63, 3.8) is 0 Å². The summed E-state index contributed by atoms with van der Waals surface area (Å²) in [6.45, 7) is 0. The summed E-state index contributed by atoms with van der Waals surface area (Å²) < 4.78 is 0. The van der Waals surface area contributed by atoms with Gasteiger partial charge in [0.05, 0.1) is 5.56 Å². The summed E-state index contributed by atoms with van der Waals surface area (Å²) in [5.74, 6) is -0.673. The Morgan fingerprint density at radius 1 is 1.69 bits per heavy atom. The predicted molar refractivity (Wildman–Crippen MR) is 57.2 cm³/mol. The number of carboxylic acid groups (broad SMARTS) is 1. The van der Waals surface area contributed by atoms with Gasteiger partial charge in [-0.2, -0.15) is 5.26 Å². The molecule has 0 unspecified atom stereocenters. The highest BCUT2D eigenvalue weighted by Gasteiger charge is 2.51. The van der Waals surface area contributed by atoms with Crippen molar-refractivity contribution < 1.29 is 9.90 Å². The summed E-state index contributed by atoms with van der Waals surface area (Å²) in [6.07, 6.45) is 2.50. The van der Waals surface area contributed by atoms with Crippen LogP contribution in [-0.2, 0) is 4.79 Å². The topological polar surface area (TPSA) is 86.0 Å². The second-order valence-corrected chi connectivity index (χ2v) is 4.02. The molecule has 0 bridgehead atoms. The van der Waals surface area contributed by atoms with Crippen molar-refractivity contribution in [3.05, 3.63) is 22.8 Å². The van der Waals surface area contributed by atoms with E-state index in [0.29, 0.717) is 12.8 Å². The average Bonchev–Trinajstić information content (AvgIpc) is 3.02. The Morgan fingerprint density at radius 2 is 2.38 bits per heavy atom. The number of rotatable bonds is 3.